The summed E-state index contributed by atoms with van der Waals surface area (Å²) in [6.45, 7) is 3.13. The number of hydrogen-bond donors (Lipinski definition) is 1. The van der Waals surface area contributed by atoms with Crippen LogP contribution >= 0.6 is 27.5 Å². The van der Waals surface area contributed by atoms with Gasteiger partial charge >= 0.3 is 18.5 Å². The van der Waals surface area contributed by atoms with Crippen molar-refractivity contribution in [2.24, 2.45) is 0 Å². The lowest BCUT2D eigenvalue weighted by molar-refractivity contribution is -0.143. The van der Waals surface area contributed by atoms with Crippen molar-refractivity contribution < 1.29 is 39.5 Å². The maximum absolute atomic E-state index is 13.1. The third kappa shape index (κ3) is 4.74. The van der Waals surface area contributed by atoms with Gasteiger partial charge < -0.3 is 5.32 Å². The van der Waals surface area contributed by atoms with Gasteiger partial charge in [-0.3, -0.25) is 9.36 Å². The van der Waals surface area contributed by atoms with Gasteiger partial charge in [0.1, 0.15) is 5.02 Å². The highest BCUT2D eigenvalue weighted by Crippen LogP contribution is 2.43. The smallest absolute Gasteiger partial charge is 0.324 e. The van der Waals surface area contributed by atoms with Gasteiger partial charge in [0.25, 0.3) is 5.56 Å². The minimum absolute atomic E-state index is 0.188. The monoisotopic (exact) mass is 529 g/mol. The Morgan fingerprint density at radius 3 is 2.03 bits per heavy atom. The Morgan fingerprint density at radius 2 is 1.60 bits per heavy atom. The highest BCUT2D eigenvalue weighted by atomic mass is 79.9. The van der Waals surface area contributed by atoms with Crippen LogP contribution in [0.15, 0.2) is 28.0 Å². The zero-order valence-electron chi connectivity index (χ0n) is 13.9. The van der Waals surface area contributed by atoms with Crippen molar-refractivity contribution in [2.45, 2.75) is 18.5 Å². The van der Waals surface area contributed by atoms with E-state index >= 15 is 0 Å². The highest BCUT2D eigenvalue weighted by Gasteiger charge is 2.40. The summed E-state index contributed by atoms with van der Waals surface area (Å²) < 4.78 is 117. The molecular formula is C15H6BrClF9N3O. The molecule has 1 aromatic carbocycles. The molecule has 0 spiro atoms. The quantitative estimate of drug-likeness (QED) is 0.458. The first-order valence-corrected chi connectivity index (χ1v) is 8.42. The van der Waals surface area contributed by atoms with Crippen LogP contribution in [0.4, 0.5) is 51.1 Å². The van der Waals surface area contributed by atoms with Gasteiger partial charge in [0.05, 0.1) is 21.3 Å². The average Bonchev–Trinajstić information content (AvgIpc) is 2.56. The van der Waals surface area contributed by atoms with Crippen LogP contribution in [0.5, 0.6) is 0 Å². The van der Waals surface area contributed by atoms with Crippen molar-refractivity contribution in [1.82, 2.24) is 9.55 Å². The third-order valence-corrected chi connectivity index (χ3v) is 4.66. The lowest BCUT2D eigenvalue weighted by atomic mass is 10.1. The minimum Gasteiger partial charge on any atom is -0.324 e. The van der Waals surface area contributed by atoms with E-state index in [4.69, 9.17) is 11.6 Å². The van der Waals surface area contributed by atoms with Crippen LogP contribution < -0.4 is 10.9 Å². The number of nitrogens with zero attached hydrogens (tertiary/aromatic N) is 2. The Hall–Kier alpha value is -2.22. The Morgan fingerprint density at radius 1 is 1.03 bits per heavy atom. The molecule has 0 aliphatic carbocycles. The molecule has 0 saturated heterocycles. The zero-order chi connectivity index (χ0) is 23.2. The van der Waals surface area contributed by atoms with Crippen LogP contribution in [0.25, 0.3) is 6.20 Å². The molecule has 0 bridgehead atoms. The zero-order valence-corrected chi connectivity index (χ0v) is 16.2. The topological polar surface area (TPSA) is 46.9 Å². The van der Waals surface area contributed by atoms with E-state index in [9.17, 15) is 44.3 Å². The molecule has 0 amide bonds. The molecule has 1 N–H and O–H groups in total. The second-order valence-corrected chi connectivity index (χ2v) is 6.63. The summed E-state index contributed by atoms with van der Waals surface area (Å²) >= 11 is 7.81. The molecule has 4 nitrogen and oxygen atoms in total. The maximum atomic E-state index is 13.1. The van der Waals surface area contributed by atoms with Crippen molar-refractivity contribution in [3.05, 3.63) is 55.4 Å². The highest BCUT2D eigenvalue weighted by molar-refractivity contribution is 9.10. The maximum Gasteiger partial charge on any atom is 0.435 e. The molecule has 0 aliphatic heterocycles. The summed E-state index contributed by atoms with van der Waals surface area (Å²) in [7, 11) is 0. The number of benzene rings is 1. The van der Waals surface area contributed by atoms with Gasteiger partial charge in [0.15, 0.2) is 5.69 Å². The number of rotatable bonds is 3. The Kier molecular flexibility index (Phi) is 6.25. The lowest BCUT2D eigenvalue weighted by Gasteiger charge is -2.19. The molecule has 2 aromatic rings. The first-order valence-electron chi connectivity index (χ1n) is 7.25. The van der Waals surface area contributed by atoms with Crippen LogP contribution in [0, 0.1) is 0 Å². The van der Waals surface area contributed by atoms with E-state index in [1.54, 1.807) is 0 Å². The molecule has 0 radical (unpaired) electrons. The minimum atomic E-state index is -5.25. The second kappa shape index (κ2) is 7.80. The molecule has 0 fully saturated rings. The fourth-order valence-corrected chi connectivity index (χ4v) is 2.96. The number of halogens is 11. The van der Waals surface area contributed by atoms with Crippen molar-refractivity contribution in [3.8, 4) is 0 Å². The van der Waals surface area contributed by atoms with Crippen LogP contribution in [0.2, 0.25) is 5.02 Å². The van der Waals surface area contributed by atoms with E-state index < -0.39 is 62.0 Å². The predicted octanol–water partition coefficient (Wildman–Crippen LogP) is 6.56. The summed E-state index contributed by atoms with van der Waals surface area (Å²) in [4.78, 5) is 15.1. The van der Waals surface area contributed by atoms with Gasteiger partial charge in [-0.15, -0.1) is 0 Å². The second-order valence-electron chi connectivity index (χ2n) is 5.46. The number of aromatic nitrogens is 2. The van der Waals surface area contributed by atoms with Gasteiger partial charge in [0.2, 0.25) is 5.95 Å². The van der Waals surface area contributed by atoms with Crippen molar-refractivity contribution in [1.29, 1.82) is 0 Å². The van der Waals surface area contributed by atoms with Crippen molar-refractivity contribution in [2.75, 3.05) is 5.32 Å². The van der Waals surface area contributed by atoms with Crippen molar-refractivity contribution in [3.63, 3.8) is 0 Å². The predicted molar refractivity (Wildman–Crippen MR) is 92.3 cm³/mol. The van der Waals surface area contributed by atoms with E-state index in [2.05, 4.69) is 27.5 Å². The van der Waals surface area contributed by atoms with Crippen LogP contribution in [0.3, 0.4) is 0 Å². The van der Waals surface area contributed by atoms with Crippen LogP contribution in [-0.4, -0.2) is 9.55 Å². The molecule has 0 unspecified atom stereocenters. The molecule has 164 valence electrons. The van der Waals surface area contributed by atoms with E-state index in [1.807, 2.05) is 5.32 Å². The molecule has 1 heterocycles. The van der Waals surface area contributed by atoms with Crippen LogP contribution in [0.1, 0.15) is 16.8 Å². The van der Waals surface area contributed by atoms with Gasteiger partial charge in [-0.1, -0.05) is 18.2 Å². The number of nitrogens with one attached hydrogen (secondary N) is 1. The Labute approximate surface area is 174 Å². The first kappa shape index (κ1) is 24.1. The van der Waals surface area contributed by atoms with Crippen LogP contribution in [-0.2, 0) is 18.5 Å². The largest absolute Gasteiger partial charge is 0.435 e. The molecule has 0 atom stereocenters. The van der Waals surface area contributed by atoms with Gasteiger partial charge in [-0.25, -0.2) is 4.98 Å². The standard InChI is InChI=1S/C15H6BrClF9N3O/c1-2-29-11(30)9(17)10(15(24,25)26)28-12(29)27-7-4-5(13(18,19)20)3-6(8(7)16)14(21,22)23/h2-4H,1H2,(H,27,28). The Balaban J connectivity index is 2.81. The average molecular weight is 531 g/mol. The van der Waals surface area contributed by atoms with E-state index in [0.29, 0.717) is 6.20 Å². The summed E-state index contributed by atoms with van der Waals surface area (Å²) in [5.74, 6) is -1.07. The van der Waals surface area contributed by atoms with Gasteiger partial charge in [0, 0.05) is 6.20 Å². The number of hydrogen-bond acceptors (Lipinski definition) is 3. The molecule has 15 heteroatoms. The van der Waals surface area contributed by atoms with Gasteiger partial charge in [-0.05, 0) is 28.1 Å². The van der Waals surface area contributed by atoms with E-state index in [-0.39, 0.29) is 16.7 Å². The SMILES string of the molecule is C=Cn1c(Nc2cc(C(F)(F)F)cc(C(F)(F)F)c2Br)nc(C(F)(F)F)c(Cl)c1=O. The third-order valence-electron chi connectivity index (χ3n) is 3.46. The molecular weight excluding hydrogens is 525 g/mol. The Bertz CT molecular complexity index is 1060. The molecule has 0 aliphatic rings. The fraction of sp³-hybridized carbons (Fsp3) is 0.200. The summed E-state index contributed by atoms with van der Waals surface area (Å²) in [5.41, 5.74) is -7.88. The normalized spacial score (nSPS) is 12.8. The number of anilines is 2. The summed E-state index contributed by atoms with van der Waals surface area (Å²) in [6, 6.07) is 0.00700. The summed E-state index contributed by atoms with van der Waals surface area (Å²) in [6.07, 6.45) is -15.1. The molecule has 30 heavy (non-hydrogen) atoms. The molecule has 1 aromatic heterocycles. The fourth-order valence-electron chi connectivity index (χ4n) is 2.16. The molecule has 2 rings (SSSR count). The van der Waals surface area contributed by atoms with E-state index in [0.717, 1.165) is 0 Å². The lowest BCUT2D eigenvalue weighted by Crippen LogP contribution is -2.26. The van der Waals surface area contributed by atoms with E-state index in [1.165, 1.54) is 0 Å². The molecule has 0 saturated carbocycles. The number of alkyl halides is 9. The van der Waals surface area contributed by atoms with Gasteiger partial charge in [-0.2, -0.15) is 39.5 Å². The first-order chi connectivity index (χ1) is 13.5. The van der Waals surface area contributed by atoms with Crippen molar-refractivity contribution >= 4 is 45.4 Å². The summed E-state index contributed by atoms with van der Waals surface area (Å²) in [5, 5.41) is 0.504.